The van der Waals surface area contributed by atoms with Crippen LogP contribution in [-0.4, -0.2) is 18.4 Å². The number of amides is 2. The van der Waals surface area contributed by atoms with Gasteiger partial charge < -0.3 is 10.2 Å². The monoisotopic (exact) mass is 386 g/mol. The lowest BCUT2D eigenvalue weighted by molar-refractivity contribution is -0.117. The molecule has 2 amide bonds. The van der Waals surface area contributed by atoms with Crippen LogP contribution < -0.4 is 10.2 Å². The largest absolute Gasteiger partial charge is 0.324 e. The molecular formula is C22H27ClN2O2. The fourth-order valence-corrected chi connectivity index (χ4v) is 3.53. The first kappa shape index (κ1) is 21.0. The molecule has 0 saturated heterocycles. The normalized spacial score (nSPS) is 10.8. The van der Waals surface area contributed by atoms with Crippen LogP contribution in [0.2, 0.25) is 5.02 Å². The molecule has 0 unspecified atom stereocenters. The lowest BCUT2D eigenvalue weighted by Crippen LogP contribution is -2.32. The zero-order valence-corrected chi connectivity index (χ0v) is 17.4. The molecule has 1 N–H and O–H groups in total. The summed E-state index contributed by atoms with van der Waals surface area (Å²) in [5, 5.41) is 3.40. The summed E-state index contributed by atoms with van der Waals surface area (Å²) in [6, 6.07) is 11.6. The third-order valence-corrected chi connectivity index (χ3v) is 4.79. The quantitative estimate of drug-likeness (QED) is 0.716. The van der Waals surface area contributed by atoms with Gasteiger partial charge in [0.25, 0.3) is 0 Å². The molecule has 0 aliphatic heterocycles. The van der Waals surface area contributed by atoms with Crippen molar-refractivity contribution >= 4 is 34.8 Å². The van der Waals surface area contributed by atoms with Crippen LogP contribution in [0.1, 0.15) is 49.8 Å². The number of hydrogen-bond acceptors (Lipinski definition) is 2. The van der Waals surface area contributed by atoms with E-state index in [4.69, 9.17) is 11.6 Å². The highest BCUT2D eigenvalue weighted by atomic mass is 35.5. The summed E-state index contributed by atoms with van der Waals surface area (Å²) in [4.78, 5) is 26.3. The Kier molecular flexibility index (Phi) is 7.03. The first-order valence-electron chi connectivity index (χ1n) is 9.14. The SMILES string of the molecule is CC(=O)N(CCC(=O)Nc1c(C)cc(C)cc1Cl)c1ccccc1C(C)C. The van der Waals surface area contributed by atoms with E-state index in [-0.39, 0.29) is 24.2 Å². The van der Waals surface area contributed by atoms with Gasteiger partial charge in [0.15, 0.2) is 0 Å². The third-order valence-electron chi connectivity index (χ3n) is 4.49. The molecule has 4 nitrogen and oxygen atoms in total. The number of para-hydroxylation sites is 1. The average Bonchev–Trinajstić information content (AvgIpc) is 2.58. The Bertz CT molecular complexity index is 823. The second-order valence-electron chi connectivity index (χ2n) is 7.12. The third kappa shape index (κ3) is 5.33. The minimum Gasteiger partial charge on any atom is -0.324 e. The van der Waals surface area contributed by atoms with E-state index in [1.807, 2.05) is 50.2 Å². The Balaban J connectivity index is 2.13. The predicted octanol–water partition coefficient (Wildman–Crippen LogP) is 5.46. The maximum absolute atomic E-state index is 12.5. The lowest BCUT2D eigenvalue weighted by Gasteiger charge is -2.25. The number of rotatable bonds is 6. The molecule has 0 aliphatic rings. The molecule has 0 radical (unpaired) electrons. The van der Waals surface area contributed by atoms with Crippen molar-refractivity contribution in [3.63, 3.8) is 0 Å². The highest BCUT2D eigenvalue weighted by molar-refractivity contribution is 6.34. The lowest BCUT2D eigenvalue weighted by atomic mass is 10.0. The summed E-state index contributed by atoms with van der Waals surface area (Å²) >= 11 is 6.26. The van der Waals surface area contributed by atoms with Gasteiger partial charge in [-0.15, -0.1) is 0 Å². The molecule has 0 saturated carbocycles. The second-order valence-corrected chi connectivity index (χ2v) is 7.53. The number of anilines is 2. The highest BCUT2D eigenvalue weighted by Crippen LogP contribution is 2.29. The summed E-state index contributed by atoms with van der Waals surface area (Å²) in [6.45, 7) is 9.89. The van der Waals surface area contributed by atoms with E-state index < -0.39 is 0 Å². The van der Waals surface area contributed by atoms with Crippen LogP contribution in [0.5, 0.6) is 0 Å². The molecule has 0 atom stereocenters. The van der Waals surface area contributed by atoms with Crippen LogP contribution in [-0.2, 0) is 9.59 Å². The maximum Gasteiger partial charge on any atom is 0.226 e. The van der Waals surface area contributed by atoms with Crippen LogP contribution >= 0.6 is 11.6 Å². The van der Waals surface area contributed by atoms with Gasteiger partial charge in [0, 0.05) is 25.6 Å². The Morgan fingerprint density at radius 1 is 1.15 bits per heavy atom. The zero-order chi connectivity index (χ0) is 20.1. The number of nitrogens with zero attached hydrogens (tertiary/aromatic N) is 1. The van der Waals surface area contributed by atoms with Gasteiger partial charge >= 0.3 is 0 Å². The second kappa shape index (κ2) is 9.05. The van der Waals surface area contributed by atoms with Crippen LogP contribution in [0.15, 0.2) is 36.4 Å². The van der Waals surface area contributed by atoms with Gasteiger partial charge in [-0.25, -0.2) is 0 Å². The standard InChI is InChI=1S/C22H27ClN2O2/c1-14(2)18-8-6-7-9-20(18)25(17(5)26)11-10-21(27)24-22-16(4)12-15(3)13-19(22)23/h6-9,12-14H,10-11H2,1-5H3,(H,24,27). The molecule has 144 valence electrons. The summed E-state index contributed by atoms with van der Waals surface area (Å²) in [6.07, 6.45) is 0.190. The number of halogens is 1. The van der Waals surface area contributed by atoms with Crippen molar-refractivity contribution in [2.24, 2.45) is 0 Å². The molecule has 0 fully saturated rings. The van der Waals surface area contributed by atoms with Gasteiger partial charge in [0.1, 0.15) is 0 Å². The molecule has 2 aromatic rings. The number of carbonyl (C=O) groups is 2. The van der Waals surface area contributed by atoms with E-state index in [1.165, 1.54) is 6.92 Å². The minimum atomic E-state index is -0.169. The van der Waals surface area contributed by atoms with Crippen molar-refractivity contribution in [2.75, 3.05) is 16.8 Å². The van der Waals surface area contributed by atoms with E-state index in [2.05, 4.69) is 19.2 Å². The van der Waals surface area contributed by atoms with Gasteiger partial charge in [-0.2, -0.15) is 0 Å². The molecule has 5 heteroatoms. The van der Waals surface area contributed by atoms with Crippen molar-refractivity contribution < 1.29 is 9.59 Å². The Hall–Kier alpha value is -2.33. The van der Waals surface area contributed by atoms with Gasteiger partial charge in [0.05, 0.1) is 10.7 Å². The van der Waals surface area contributed by atoms with Crippen LogP contribution in [0, 0.1) is 13.8 Å². The van der Waals surface area contributed by atoms with Gasteiger partial charge in [-0.3, -0.25) is 9.59 Å². The fraction of sp³-hybridized carbons (Fsp3) is 0.364. The van der Waals surface area contributed by atoms with Gasteiger partial charge in [0.2, 0.25) is 11.8 Å². The number of nitrogens with one attached hydrogen (secondary N) is 1. The van der Waals surface area contributed by atoms with Crippen molar-refractivity contribution in [2.45, 2.75) is 47.0 Å². The summed E-state index contributed by atoms with van der Waals surface area (Å²) in [7, 11) is 0. The number of benzene rings is 2. The molecule has 0 spiro atoms. The maximum atomic E-state index is 12.5. The van der Waals surface area contributed by atoms with Gasteiger partial charge in [-0.05, 0) is 48.6 Å². The van der Waals surface area contributed by atoms with Crippen LogP contribution in [0.4, 0.5) is 11.4 Å². The molecule has 0 heterocycles. The van der Waals surface area contributed by atoms with E-state index in [9.17, 15) is 9.59 Å². The van der Waals surface area contributed by atoms with Gasteiger partial charge in [-0.1, -0.05) is 49.7 Å². The number of hydrogen-bond donors (Lipinski definition) is 1. The predicted molar refractivity (Wildman–Crippen MR) is 113 cm³/mol. The van der Waals surface area contributed by atoms with Crippen LogP contribution in [0.3, 0.4) is 0 Å². The van der Waals surface area contributed by atoms with Crippen molar-refractivity contribution in [1.29, 1.82) is 0 Å². The van der Waals surface area contributed by atoms with E-state index in [0.29, 0.717) is 17.3 Å². The Labute approximate surface area is 166 Å². The highest BCUT2D eigenvalue weighted by Gasteiger charge is 2.18. The fourth-order valence-electron chi connectivity index (χ4n) is 3.16. The van der Waals surface area contributed by atoms with Crippen molar-refractivity contribution in [3.8, 4) is 0 Å². The molecule has 27 heavy (non-hydrogen) atoms. The first-order valence-corrected chi connectivity index (χ1v) is 9.52. The molecule has 2 rings (SSSR count). The summed E-state index contributed by atoms with van der Waals surface area (Å²) in [5.41, 5.74) is 4.54. The molecule has 0 aliphatic carbocycles. The molecule has 0 bridgehead atoms. The van der Waals surface area contributed by atoms with E-state index >= 15 is 0 Å². The number of aryl methyl sites for hydroxylation is 2. The zero-order valence-electron chi connectivity index (χ0n) is 16.6. The molecule has 0 aromatic heterocycles. The topological polar surface area (TPSA) is 49.4 Å². The first-order chi connectivity index (χ1) is 12.7. The average molecular weight is 387 g/mol. The van der Waals surface area contributed by atoms with Crippen LogP contribution in [0.25, 0.3) is 0 Å². The van der Waals surface area contributed by atoms with Crippen molar-refractivity contribution in [1.82, 2.24) is 0 Å². The van der Waals surface area contributed by atoms with E-state index in [1.54, 1.807) is 4.90 Å². The summed E-state index contributed by atoms with van der Waals surface area (Å²) in [5.74, 6) is 0.0310. The molecular weight excluding hydrogens is 360 g/mol. The Morgan fingerprint density at radius 2 is 1.81 bits per heavy atom. The smallest absolute Gasteiger partial charge is 0.226 e. The summed E-state index contributed by atoms with van der Waals surface area (Å²) < 4.78 is 0. The number of carbonyl (C=O) groups excluding carboxylic acids is 2. The molecule has 2 aromatic carbocycles. The minimum absolute atomic E-state index is 0.0829. The Morgan fingerprint density at radius 3 is 2.41 bits per heavy atom. The van der Waals surface area contributed by atoms with E-state index in [0.717, 1.165) is 22.4 Å². The van der Waals surface area contributed by atoms with Crippen molar-refractivity contribution in [3.05, 3.63) is 58.1 Å².